The van der Waals surface area contributed by atoms with Gasteiger partial charge in [-0.05, 0) is 32.0 Å². The molecule has 0 aliphatic heterocycles. The van der Waals surface area contributed by atoms with Gasteiger partial charge in [0, 0.05) is 4.88 Å². The van der Waals surface area contributed by atoms with Crippen LogP contribution in [0.3, 0.4) is 0 Å². The number of hydrogen-bond acceptors (Lipinski definition) is 6. The van der Waals surface area contributed by atoms with Crippen molar-refractivity contribution in [3.8, 4) is 0 Å². The second-order valence-electron chi connectivity index (χ2n) is 5.58. The van der Waals surface area contributed by atoms with E-state index >= 15 is 0 Å². The van der Waals surface area contributed by atoms with Crippen LogP contribution in [-0.2, 0) is 6.54 Å². The van der Waals surface area contributed by atoms with Gasteiger partial charge >= 0.3 is 0 Å². The second kappa shape index (κ2) is 5.68. The summed E-state index contributed by atoms with van der Waals surface area (Å²) in [6.45, 7) is 4.31. The highest BCUT2D eigenvalue weighted by atomic mass is 32.1. The highest BCUT2D eigenvalue weighted by Crippen LogP contribution is 2.28. The number of nitrogens with zero attached hydrogens (tertiary/aromatic N) is 3. The summed E-state index contributed by atoms with van der Waals surface area (Å²) in [7, 11) is 0. The van der Waals surface area contributed by atoms with Crippen molar-refractivity contribution >= 4 is 38.3 Å². The molecular formula is C17H15N5OS. The van der Waals surface area contributed by atoms with Gasteiger partial charge in [-0.1, -0.05) is 12.1 Å². The summed E-state index contributed by atoms with van der Waals surface area (Å²) in [5, 5.41) is 4.86. The Bertz CT molecular complexity index is 1120. The lowest BCUT2D eigenvalue weighted by Gasteiger charge is -2.08. The van der Waals surface area contributed by atoms with E-state index in [1.807, 2.05) is 32.0 Å². The summed E-state index contributed by atoms with van der Waals surface area (Å²) < 4.78 is 0. The van der Waals surface area contributed by atoms with E-state index in [9.17, 15) is 4.79 Å². The quantitative estimate of drug-likeness (QED) is 0.600. The van der Waals surface area contributed by atoms with E-state index in [0.717, 1.165) is 16.0 Å². The largest absolute Gasteiger partial charge is 0.362 e. The van der Waals surface area contributed by atoms with Crippen LogP contribution in [0.15, 0.2) is 35.1 Å². The van der Waals surface area contributed by atoms with Crippen LogP contribution in [-0.4, -0.2) is 19.9 Å². The minimum absolute atomic E-state index is 0.132. The Hall–Kier alpha value is -2.80. The van der Waals surface area contributed by atoms with Crippen LogP contribution in [0.1, 0.15) is 16.5 Å². The minimum Gasteiger partial charge on any atom is -0.362 e. The van der Waals surface area contributed by atoms with Crippen molar-refractivity contribution in [2.24, 2.45) is 0 Å². The lowest BCUT2D eigenvalue weighted by Crippen LogP contribution is -2.15. The number of benzene rings is 1. The third-order valence-electron chi connectivity index (χ3n) is 3.71. The van der Waals surface area contributed by atoms with E-state index in [0.29, 0.717) is 29.1 Å². The van der Waals surface area contributed by atoms with Gasteiger partial charge < -0.3 is 10.3 Å². The Morgan fingerprint density at radius 1 is 1.12 bits per heavy atom. The molecule has 6 nitrogen and oxygen atoms in total. The summed E-state index contributed by atoms with van der Waals surface area (Å²) in [5.74, 6) is 2.06. The van der Waals surface area contributed by atoms with Crippen molar-refractivity contribution in [2.45, 2.75) is 20.4 Å². The van der Waals surface area contributed by atoms with Crippen molar-refractivity contribution in [1.82, 2.24) is 19.9 Å². The molecule has 0 fully saturated rings. The number of aromatic nitrogens is 4. The lowest BCUT2D eigenvalue weighted by molar-refractivity contribution is 0.942. The maximum Gasteiger partial charge on any atom is 0.258 e. The first kappa shape index (κ1) is 14.8. The Labute approximate surface area is 141 Å². The highest BCUT2D eigenvalue weighted by molar-refractivity contribution is 7.18. The third-order valence-corrected chi connectivity index (χ3v) is 4.66. The molecule has 0 spiro atoms. The second-order valence-corrected chi connectivity index (χ2v) is 6.81. The zero-order valence-corrected chi connectivity index (χ0v) is 14.1. The predicted octanol–water partition coefficient (Wildman–Crippen LogP) is 3.16. The molecule has 4 aromatic rings. The first-order valence-corrected chi connectivity index (χ1v) is 8.38. The highest BCUT2D eigenvalue weighted by Gasteiger charge is 2.10. The van der Waals surface area contributed by atoms with Crippen LogP contribution in [0.5, 0.6) is 0 Å². The van der Waals surface area contributed by atoms with Crippen molar-refractivity contribution in [2.75, 3.05) is 5.32 Å². The standard InChI is InChI=1S/C17H15N5OS/c1-9-7-12-15(19-10(2)20-17(12)24-9)18-8-14-21-13-6-4-3-5-11(13)16(23)22-14/h3-7H,8H2,1-2H3,(H,18,19,20)(H,21,22,23). The van der Waals surface area contributed by atoms with E-state index in [2.05, 4.69) is 31.3 Å². The fraction of sp³-hybridized carbons (Fsp3) is 0.176. The Kier molecular flexibility index (Phi) is 3.50. The fourth-order valence-electron chi connectivity index (χ4n) is 2.67. The molecule has 120 valence electrons. The van der Waals surface area contributed by atoms with Crippen molar-refractivity contribution in [3.05, 3.63) is 57.2 Å². The van der Waals surface area contributed by atoms with Crippen LogP contribution in [0.2, 0.25) is 0 Å². The van der Waals surface area contributed by atoms with E-state index in [4.69, 9.17) is 0 Å². The van der Waals surface area contributed by atoms with E-state index in [-0.39, 0.29) is 5.56 Å². The van der Waals surface area contributed by atoms with Gasteiger partial charge in [-0.3, -0.25) is 4.79 Å². The van der Waals surface area contributed by atoms with Crippen LogP contribution in [0.4, 0.5) is 5.82 Å². The number of hydrogen-bond donors (Lipinski definition) is 2. The molecule has 0 atom stereocenters. The molecule has 2 N–H and O–H groups in total. The molecule has 3 aromatic heterocycles. The monoisotopic (exact) mass is 337 g/mol. The van der Waals surface area contributed by atoms with Gasteiger partial charge in [0.2, 0.25) is 0 Å². The summed E-state index contributed by atoms with van der Waals surface area (Å²) in [4.78, 5) is 30.5. The number of para-hydroxylation sites is 1. The number of rotatable bonds is 3. The summed E-state index contributed by atoms with van der Waals surface area (Å²) >= 11 is 1.64. The molecule has 0 aliphatic rings. The maximum atomic E-state index is 12.1. The Balaban J connectivity index is 1.69. The number of H-pyrrole nitrogens is 1. The third kappa shape index (κ3) is 2.63. The molecule has 4 rings (SSSR count). The van der Waals surface area contributed by atoms with Gasteiger partial charge in [0.05, 0.1) is 22.8 Å². The van der Waals surface area contributed by atoms with Gasteiger partial charge in [-0.2, -0.15) is 0 Å². The van der Waals surface area contributed by atoms with Crippen LogP contribution in [0, 0.1) is 13.8 Å². The maximum absolute atomic E-state index is 12.1. The topological polar surface area (TPSA) is 83.6 Å². The predicted molar refractivity (Wildman–Crippen MR) is 96.6 cm³/mol. The van der Waals surface area contributed by atoms with E-state index < -0.39 is 0 Å². The molecule has 0 radical (unpaired) electrons. The molecule has 7 heteroatoms. The summed E-state index contributed by atoms with van der Waals surface area (Å²) in [5.41, 5.74) is 0.557. The smallest absolute Gasteiger partial charge is 0.258 e. The first-order chi connectivity index (χ1) is 11.6. The summed E-state index contributed by atoms with van der Waals surface area (Å²) in [6.07, 6.45) is 0. The molecule has 24 heavy (non-hydrogen) atoms. The van der Waals surface area contributed by atoms with Gasteiger partial charge in [0.15, 0.2) is 0 Å². The molecule has 1 aromatic carbocycles. The number of fused-ring (bicyclic) bond motifs is 2. The van der Waals surface area contributed by atoms with Gasteiger partial charge in [0.25, 0.3) is 5.56 Å². The lowest BCUT2D eigenvalue weighted by atomic mass is 10.2. The first-order valence-electron chi connectivity index (χ1n) is 7.57. The van der Waals surface area contributed by atoms with Crippen LogP contribution < -0.4 is 10.9 Å². The number of nitrogens with one attached hydrogen (secondary N) is 2. The minimum atomic E-state index is -0.132. The normalized spacial score (nSPS) is 11.2. The Morgan fingerprint density at radius 3 is 2.83 bits per heavy atom. The van der Waals surface area contributed by atoms with E-state index in [1.54, 1.807) is 17.4 Å². The molecule has 0 amide bonds. The number of aromatic amines is 1. The van der Waals surface area contributed by atoms with Gasteiger partial charge in [-0.25, -0.2) is 15.0 Å². The zero-order valence-electron chi connectivity index (χ0n) is 13.3. The fourth-order valence-corrected chi connectivity index (χ4v) is 3.59. The molecule has 0 bridgehead atoms. The molecule has 0 unspecified atom stereocenters. The average molecular weight is 337 g/mol. The Morgan fingerprint density at radius 2 is 1.96 bits per heavy atom. The molecule has 0 saturated carbocycles. The number of thiophene rings is 1. The molecule has 0 saturated heterocycles. The van der Waals surface area contributed by atoms with Crippen molar-refractivity contribution in [1.29, 1.82) is 0 Å². The van der Waals surface area contributed by atoms with E-state index in [1.165, 1.54) is 4.88 Å². The van der Waals surface area contributed by atoms with Crippen LogP contribution >= 0.6 is 11.3 Å². The molecule has 3 heterocycles. The average Bonchev–Trinajstić information content (AvgIpc) is 2.93. The summed E-state index contributed by atoms with van der Waals surface area (Å²) in [6, 6.07) is 9.37. The van der Waals surface area contributed by atoms with Crippen molar-refractivity contribution < 1.29 is 0 Å². The zero-order chi connectivity index (χ0) is 16.7. The number of aryl methyl sites for hydroxylation is 2. The molecule has 0 aliphatic carbocycles. The SMILES string of the molecule is Cc1nc(NCc2nc3ccccc3c(=O)[nH]2)c2cc(C)sc2n1. The van der Waals surface area contributed by atoms with Gasteiger partial charge in [0.1, 0.15) is 22.3 Å². The van der Waals surface area contributed by atoms with Gasteiger partial charge in [-0.15, -0.1) is 11.3 Å². The number of anilines is 1. The van der Waals surface area contributed by atoms with Crippen LogP contribution in [0.25, 0.3) is 21.1 Å². The molecular weight excluding hydrogens is 322 g/mol. The van der Waals surface area contributed by atoms with Crippen molar-refractivity contribution in [3.63, 3.8) is 0 Å².